The average Bonchev–Trinajstić information content (AvgIpc) is 3.04. The lowest BCUT2D eigenvalue weighted by molar-refractivity contribution is -0.125. The summed E-state index contributed by atoms with van der Waals surface area (Å²) in [6, 6.07) is 8.04. The van der Waals surface area contributed by atoms with Crippen LogP contribution in [0, 0.1) is 6.92 Å². The molecule has 5 nitrogen and oxygen atoms in total. The minimum Gasteiger partial charge on any atom is -0.478 e. The van der Waals surface area contributed by atoms with Crippen LogP contribution in [0.5, 0.6) is 0 Å². The first kappa shape index (κ1) is 18.5. The van der Waals surface area contributed by atoms with Crippen molar-refractivity contribution in [3.8, 4) is 0 Å². The molecule has 0 saturated carbocycles. The fraction of sp³-hybridized carbons (Fsp3) is 0.263. The van der Waals surface area contributed by atoms with Crippen LogP contribution in [-0.4, -0.2) is 32.3 Å². The minimum absolute atomic E-state index is 0.168. The summed E-state index contributed by atoms with van der Waals surface area (Å²) in [4.78, 5) is 25.5. The summed E-state index contributed by atoms with van der Waals surface area (Å²) in [5, 5.41) is 0. The molecule has 3 rings (SSSR count). The van der Waals surface area contributed by atoms with Gasteiger partial charge in [-0.1, -0.05) is 0 Å². The van der Waals surface area contributed by atoms with Crippen molar-refractivity contribution in [2.75, 3.05) is 6.26 Å². The Morgan fingerprint density at radius 2 is 1.77 bits per heavy atom. The number of hydrogen-bond acceptors (Lipinski definition) is 6. The summed E-state index contributed by atoms with van der Waals surface area (Å²) < 4.78 is 29.2. The Labute approximate surface area is 156 Å². The third-order valence-corrected chi connectivity index (χ3v) is 6.52. The smallest absolute Gasteiger partial charge is 0.210 e. The number of carbonyl (C=O) groups excluding carboxylic acids is 2. The SMILES string of the molecule is Cc1cc(C2=C(c3ccc(S(C)(=O)=O)cc3)OC(C)(C)C2=O)sc1C=O. The molecule has 136 valence electrons. The number of aryl methyl sites for hydroxylation is 1. The number of rotatable bonds is 4. The van der Waals surface area contributed by atoms with Crippen molar-refractivity contribution >= 4 is 44.6 Å². The molecular weight excluding hydrogens is 372 g/mol. The lowest BCUT2D eigenvalue weighted by Gasteiger charge is -2.17. The van der Waals surface area contributed by atoms with Gasteiger partial charge in [-0.15, -0.1) is 11.3 Å². The average molecular weight is 390 g/mol. The van der Waals surface area contributed by atoms with Gasteiger partial charge in [0.2, 0.25) is 5.78 Å². The van der Waals surface area contributed by atoms with Crippen molar-refractivity contribution in [3.63, 3.8) is 0 Å². The van der Waals surface area contributed by atoms with Gasteiger partial charge in [-0.3, -0.25) is 9.59 Å². The monoisotopic (exact) mass is 390 g/mol. The van der Waals surface area contributed by atoms with Crippen LogP contribution in [0.1, 0.15) is 39.5 Å². The third kappa shape index (κ3) is 3.12. The predicted octanol–water partition coefficient (Wildman–Crippen LogP) is 3.52. The highest BCUT2D eigenvalue weighted by Gasteiger charge is 2.43. The maximum atomic E-state index is 12.9. The van der Waals surface area contributed by atoms with Crippen LogP contribution in [0.15, 0.2) is 35.2 Å². The lowest BCUT2D eigenvalue weighted by Crippen LogP contribution is -2.29. The van der Waals surface area contributed by atoms with Crippen molar-refractivity contribution in [2.45, 2.75) is 31.3 Å². The van der Waals surface area contributed by atoms with Gasteiger partial charge in [-0.25, -0.2) is 8.42 Å². The number of ether oxygens (including phenoxy) is 1. The molecule has 0 atom stereocenters. The molecule has 1 aliphatic heterocycles. The highest BCUT2D eigenvalue weighted by Crippen LogP contribution is 2.43. The van der Waals surface area contributed by atoms with Crippen LogP contribution in [-0.2, 0) is 19.4 Å². The fourth-order valence-corrected chi connectivity index (χ4v) is 4.43. The third-order valence-electron chi connectivity index (χ3n) is 4.21. The van der Waals surface area contributed by atoms with E-state index in [2.05, 4.69) is 0 Å². The zero-order valence-electron chi connectivity index (χ0n) is 14.8. The van der Waals surface area contributed by atoms with Crippen molar-refractivity contribution < 1.29 is 22.7 Å². The molecule has 7 heteroatoms. The quantitative estimate of drug-likeness (QED) is 0.747. The van der Waals surface area contributed by atoms with E-state index in [0.717, 1.165) is 18.1 Å². The molecule has 0 spiro atoms. The molecule has 26 heavy (non-hydrogen) atoms. The first-order valence-electron chi connectivity index (χ1n) is 7.89. The molecule has 0 N–H and O–H groups in total. The number of Topliss-reactive ketones (excluding diaryl/α,β-unsaturated/α-hetero) is 1. The molecule has 0 aliphatic carbocycles. The van der Waals surface area contributed by atoms with Gasteiger partial charge in [-0.2, -0.15) is 0 Å². The molecule has 0 amide bonds. The van der Waals surface area contributed by atoms with Gasteiger partial charge in [0, 0.05) is 16.7 Å². The number of sulfone groups is 1. The Morgan fingerprint density at radius 3 is 2.27 bits per heavy atom. The van der Waals surface area contributed by atoms with Crippen molar-refractivity contribution in [2.24, 2.45) is 0 Å². The normalized spacial score (nSPS) is 16.7. The summed E-state index contributed by atoms with van der Waals surface area (Å²) in [5.41, 5.74) is 0.810. The highest BCUT2D eigenvalue weighted by molar-refractivity contribution is 7.90. The molecule has 1 aliphatic rings. The minimum atomic E-state index is -3.31. The molecule has 0 radical (unpaired) electrons. The Kier molecular flexibility index (Phi) is 4.40. The predicted molar refractivity (Wildman–Crippen MR) is 101 cm³/mol. The summed E-state index contributed by atoms with van der Waals surface area (Å²) in [5.74, 6) is 0.233. The number of thiophene rings is 1. The van der Waals surface area contributed by atoms with E-state index in [4.69, 9.17) is 4.74 Å². The number of ketones is 1. The van der Waals surface area contributed by atoms with Crippen LogP contribution in [0.25, 0.3) is 11.3 Å². The molecule has 1 aromatic heterocycles. The van der Waals surface area contributed by atoms with Gasteiger partial charge >= 0.3 is 0 Å². The van der Waals surface area contributed by atoms with E-state index in [-0.39, 0.29) is 10.7 Å². The maximum Gasteiger partial charge on any atom is 0.210 e. The van der Waals surface area contributed by atoms with E-state index < -0.39 is 15.4 Å². The van der Waals surface area contributed by atoms with Gasteiger partial charge in [0.05, 0.1) is 15.3 Å². The van der Waals surface area contributed by atoms with Crippen LogP contribution >= 0.6 is 11.3 Å². The number of aldehydes is 1. The molecule has 2 aromatic rings. The zero-order valence-corrected chi connectivity index (χ0v) is 16.5. The van der Waals surface area contributed by atoms with Crippen LogP contribution in [0.4, 0.5) is 0 Å². The molecule has 1 aromatic carbocycles. The summed E-state index contributed by atoms with van der Waals surface area (Å²) in [6.07, 6.45) is 1.91. The Balaban J connectivity index is 2.18. The molecule has 0 unspecified atom stereocenters. The summed E-state index contributed by atoms with van der Waals surface area (Å²) >= 11 is 1.24. The van der Waals surface area contributed by atoms with Gasteiger partial charge < -0.3 is 4.74 Å². The van der Waals surface area contributed by atoms with Gasteiger partial charge in [-0.05, 0) is 56.7 Å². The van der Waals surface area contributed by atoms with E-state index in [1.54, 1.807) is 32.0 Å². The van der Waals surface area contributed by atoms with E-state index >= 15 is 0 Å². The maximum absolute atomic E-state index is 12.9. The van der Waals surface area contributed by atoms with Crippen LogP contribution < -0.4 is 0 Å². The fourth-order valence-electron chi connectivity index (χ4n) is 2.77. The molecule has 2 heterocycles. The molecule has 0 fully saturated rings. The van der Waals surface area contributed by atoms with Gasteiger partial charge in [0.15, 0.2) is 21.7 Å². The van der Waals surface area contributed by atoms with E-state index in [1.807, 2.05) is 6.92 Å². The largest absolute Gasteiger partial charge is 0.478 e. The standard InChI is InChI=1S/C19H18O5S2/c1-11-9-14(25-15(11)10-20)16-17(24-19(2,3)18(16)21)12-5-7-13(8-6-12)26(4,22)23/h5-10H,1-4H3. The Bertz CT molecular complexity index is 1040. The number of carbonyl (C=O) groups is 2. The zero-order chi connectivity index (χ0) is 19.3. The summed E-state index contributed by atoms with van der Waals surface area (Å²) in [7, 11) is -3.31. The lowest BCUT2D eigenvalue weighted by atomic mass is 9.96. The van der Waals surface area contributed by atoms with E-state index in [9.17, 15) is 18.0 Å². The van der Waals surface area contributed by atoms with Crippen LogP contribution in [0.3, 0.4) is 0 Å². The van der Waals surface area contributed by atoms with Crippen LogP contribution in [0.2, 0.25) is 0 Å². The molecular formula is C19H18O5S2. The number of benzene rings is 1. The van der Waals surface area contributed by atoms with Crippen molar-refractivity contribution in [1.82, 2.24) is 0 Å². The second-order valence-electron chi connectivity index (χ2n) is 6.72. The highest BCUT2D eigenvalue weighted by atomic mass is 32.2. The summed E-state index contributed by atoms with van der Waals surface area (Å²) in [6.45, 7) is 5.19. The van der Waals surface area contributed by atoms with Gasteiger partial charge in [0.25, 0.3) is 0 Å². The van der Waals surface area contributed by atoms with Crippen molar-refractivity contribution in [3.05, 3.63) is 51.2 Å². The Morgan fingerprint density at radius 1 is 1.15 bits per heavy atom. The van der Waals surface area contributed by atoms with Crippen molar-refractivity contribution in [1.29, 1.82) is 0 Å². The van der Waals surface area contributed by atoms with Gasteiger partial charge in [0.1, 0.15) is 5.76 Å². The topological polar surface area (TPSA) is 77.5 Å². The second-order valence-corrected chi connectivity index (χ2v) is 9.82. The number of hydrogen-bond donors (Lipinski definition) is 0. The Hall–Kier alpha value is -2.25. The first-order valence-corrected chi connectivity index (χ1v) is 10.6. The van der Waals surface area contributed by atoms with E-state index in [0.29, 0.717) is 26.7 Å². The molecule has 0 bridgehead atoms. The second kappa shape index (κ2) is 6.17. The first-order chi connectivity index (χ1) is 12.0. The molecule has 0 saturated heterocycles. The van der Waals surface area contributed by atoms with E-state index in [1.165, 1.54) is 23.5 Å².